The fourth-order valence-electron chi connectivity index (χ4n) is 8.16. The zero-order valence-electron chi connectivity index (χ0n) is 48.2. The second-order valence-corrected chi connectivity index (χ2v) is 24.9. The van der Waals surface area contributed by atoms with Crippen molar-refractivity contribution < 1.29 is 106 Å². The predicted octanol–water partition coefficient (Wildman–Crippen LogP) is 8.79. The lowest BCUT2D eigenvalue weighted by molar-refractivity contribution is -0.150. The van der Waals surface area contributed by atoms with E-state index >= 15 is 0 Å². The summed E-state index contributed by atoms with van der Waals surface area (Å²) >= 11 is 3.79. The minimum atomic E-state index is -1.11. The number of ether oxygens (including phenoxy) is 9. The summed E-state index contributed by atoms with van der Waals surface area (Å²) in [7, 11) is 0. The summed E-state index contributed by atoms with van der Waals surface area (Å²) in [6.45, 7) is 1.13. The van der Waals surface area contributed by atoms with E-state index in [1.54, 1.807) is 0 Å². The monoisotopic (exact) mass is 1250 g/mol. The minimum absolute atomic E-state index is 0.00953. The van der Waals surface area contributed by atoms with Gasteiger partial charge in [0.2, 0.25) is 0 Å². The lowest BCUT2D eigenvalue weighted by Gasteiger charge is -2.16. The van der Waals surface area contributed by atoms with Gasteiger partial charge in [0.05, 0.1) is 102 Å². The summed E-state index contributed by atoms with van der Waals surface area (Å²) in [4.78, 5) is 138. The molecule has 2 aliphatic rings. The van der Waals surface area contributed by atoms with E-state index in [-0.39, 0.29) is 102 Å². The molecule has 0 radical (unpaired) electrons. The van der Waals surface area contributed by atoms with Gasteiger partial charge < -0.3 is 52.8 Å². The average Bonchev–Trinajstić information content (AvgIpc) is 3.47. The van der Waals surface area contributed by atoms with E-state index in [0.717, 1.165) is 138 Å². The lowest BCUT2D eigenvalue weighted by atomic mass is 10.1. The number of carboxylic acids is 2. The molecule has 22 nitrogen and oxygen atoms in total. The first-order valence-electron chi connectivity index (χ1n) is 29.5. The average molecular weight is 1260 g/mol. The molecular weight excluding hydrogens is 1160 g/mol. The molecule has 0 aromatic rings. The highest BCUT2D eigenvalue weighted by atomic mass is 32.2. The molecule has 2 rings (SSSR count). The topological polar surface area (TPSA) is 311 Å². The number of aliphatic carboxylic acids is 2. The van der Waals surface area contributed by atoms with Gasteiger partial charge in [0.1, 0.15) is 21.0 Å². The number of thioether (sulfide) groups is 4. The Kier molecular flexibility index (Phi) is 44.8. The molecule has 83 heavy (non-hydrogen) atoms. The highest BCUT2D eigenvalue weighted by Gasteiger charge is 2.30. The Bertz CT molecular complexity index is 1920. The molecule has 474 valence electrons. The highest BCUT2D eigenvalue weighted by molar-refractivity contribution is 8.01. The normalized spacial score (nSPS) is 23.1. The van der Waals surface area contributed by atoms with Crippen LogP contribution in [0, 0.1) is 0 Å². The van der Waals surface area contributed by atoms with Crippen molar-refractivity contribution in [2.75, 3.05) is 82.5 Å². The molecule has 4 atom stereocenters. The zero-order valence-corrected chi connectivity index (χ0v) is 51.5. The molecule has 2 saturated heterocycles. The van der Waals surface area contributed by atoms with Crippen LogP contribution in [0.3, 0.4) is 0 Å². The van der Waals surface area contributed by atoms with Gasteiger partial charge >= 0.3 is 65.7 Å². The van der Waals surface area contributed by atoms with Gasteiger partial charge in [0.25, 0.3) is 0 Å². The second kappa shape index (κ2) is 49.8. The van der Waals surface area contributed by atoms with Crippen molar-refractivity contribution in [3.63, 3.8) is 0 Å². The molecule has 2 N–H and O–H groups in total. The third kappa shape index (κ3) is 42.1. The van der Waals surface area contributed by atoms with Crippen LogP contribution < -0.4 is 0 Å². The molecule has 2 heterocycles. The van der Waals surface area contributed by atoms with Gasteiger partial charge in [0.15, 0.2) is 0 Å². The third-order valence-corrected chi connectivity index (χ3v) is 17.5. The number of rotatable bonds is 14. The minimum Gasteiger partial charge on any atom is -0.481 e. The molecule has 2 fully saturated rings. The fourth-order valence-corrected chi connectivity index (χ4v) is 11.7. The Labute approximate surface area is 505 Å². The first-order valence-corrected chi connectivity index (χ1v) is 33.7. The van der Waals surface area contributed by atoms with Gasteiger partial charge in [-0.2, -0.15) is 0 Å². The standard InChI is InChI=1S/C57H90O22S4/c58-47(59)40-81-44-38-51(64)73-28-20-12-3-5-13-21-30-76-54(67)43(36-49(62)71-26-17-11-4-6-14-22-31-77-55(44)68)80-35-25-34-75-53(66)42-83-46-39-52(65)74-29-19-10-2-1-9-18-27-72-50(63)37-45(82-41-48(60)61)56(69)78-32-23-15-7-8-16-24-33-79-57(46)70/h43-46H,1-42H2,(H,58,59)(H,60,61). The van der Waals surface area contributed by atoms with E-state index in [4.69, 9.17) is 52.8 Å². The van der Waals surface area contributed by atoms with Crippen LogP contribution in [0.2, 0.25) is 0 Å². The van der Waals surface area contributed by atoms with Crippen LogP contribution in [0.4, 0.5) is 0 Å². The van der Waals surface area contributed by atoms with Gasteiger partial charge in [-0.3, -0.25) is 52.7 Å². The number of carboxylic acid groups (broad SMARTS) is 2. The summed E-state index contributed by atoms with van der Waals surface area (Å²) in [6.07, 6.45) is 16.7. The maximum Gasteiger partial charge on any atom is 0.319 e. The Hall–Kier alpha value is -4.43. The van der Waals surface area contributed by atoms with Crippen LogP contribution in [0.1, 0.15) is 186 Å². The largest absolute Gasteiger partial charge is 0.481 e. The van der Waals surface area contributed by atoms with E-state index in [1.165, 1.54) is 11.8 Å². The predicted molar refractivity (Wildman–Crippen MR) is 313 cm³/mol. The van der Waals surface area contributed by atoms with Crippen LogP contribution in [0.15, 0.2) is 0 Å². The first-order chi connectivity index (χ1) is 40.1. The zero-order chi connectivity index (χ0) is 60.6. The van der Waals surface area contributed by atoms with Crippen molar-refractivity contribution in [2.24, 2.45) is 0 Å². The Balaban J connectivity index is 1.88. The Morgan fingerprint density at radius 2 is 0.566 bits per heavy atom. The maximum atomic E-state index is 13.3. The Morgan fingerprint density at radius 1 is 0.337 bits per heavy atom. The molecule has 0 aliphatic carbocycles. The van der Waals surface area contributed by atoms with Gasteiger partial charge in [-0.05, 0) is 63.5 Å². The van der Waals surface area contributed by atoms with Crippen LogP contribution in [-0.4, -0.2) is 179 Å². The molecule has 2 aliphatic heterocycles. The molecule has 26 heteroatoms. The van der Waals surface area contributed by atoms with E-state index < -0.39 is 86.7 Å². The number of carbonyl (C=O) groups is 11. The van der Waals surface area contributed by atoms with Gasteiger partial charge in [-0.25, -0.2) is 0 Å². The van der Waals surface area contributed by atoms with Crippen molar-refractivity contribution in [2.45, 2.75) is 207 Å². The van der Waals surface area contributed by atoms with E-state index in [0.29, 0.717) is 63.5 Å². The summed E-state index contributed by atoms with van der Waals surface area (Å²) in [5.41, 5.74) is 0. The molecule has 0 spiro atoms. The molecule has 0 aromatic carbocycles. The van der Waals surface area contributed by atoms with Gasteiger partial charge in [0, 0.05) is 0 Å². The SMILES string of the molecule is O=C(O)CSC1CC(=O)OCCCCCCCCOC(=O)C(SCCCOC(=O)CSC2CC(=O)OCCCCCCCCOC(=O)CC(SCC(=O)O)C(=O)OCCCCCCCCOC2=O)CC(=O)OCCCCCCCCOC1=O. The van der Waals surface area contributed by atoms with Crippen LogP contribution >= 0.6 is 47.0 Å². The smallest absolute Gasteiger partial charge is 0.319 e. The number of hydrogen-bond acceptors (Lipinski definition) is 24. The lowest BCUT2D eigenvalue weighted by Crippen LogP contribution is -2.27. The van der Waals surface area contributed by atoms with Crippen molar-refractivity contribution >= 4 is 113 Å². The first kappa shape index (κ1) is 74.7. The molecular formula is C57H90O22S4. The van der Waals surface area contributed by atoms with Crippen LogP contribution in [0.25, 0.3) is 0 Å². The molecule has 4 unspecified atom stereocenters. The van der Waals surface area contributed by atoms with Gasteiger partial charge in [-0.1, -0.05) is 103 Å². The summed E-state index contributed by atoms with van der Waals surface area (Å²) in [5, 5.41) is 14.4. The number of carbonyl (C=O) groups excluding carboxylic acids is 9. The highest BCUT2D eigenvalue weighted by Crippen LogP contribution is 2.23. The van der Waals surface area contributed by atoms with Crippen molar-refractivity contribution in [3.8, 4) is 0 Å². The van der Waals surface area contributed by atoms with E-state index in [1.807, 2.05) is 0 Å². The van der Waals surface area contributed by atoms with E-state index in [9.17, 15) is 52.7 Å². The second-order valence-electron chi connectivity index (χ2n) is 20.0. The number of esters is 9. The third-order valence-electron chi connectivity index (χ3n) is 12.7. The summed E-state index contributed by atoms with van der Waals surface area (Å²) < 4.78 is 48.9. The quantitative estimate of drug-likeness (QED) is 0.0932. The summed E-state index contributed by atoms with van der Waals surface area (Å²) in [5.74, 6) is -8.29. The van der Waals surface area contributed by atoms with Gasteiger partial charge in [-0.15, -0.1) is 47.0 Å². The number of hydrogen-bond donors (Lipinski definition) is 2. The molecule has 0 bridgehead atoms. The maximum absolute atomic E-state index is 13.3. The summed E-state index contributed by atoms with van der Waals surface area (Å²) in [6, 6.07) is 0. The molecule has 0 amide bonds. The molecule has 0 saturated carbocycles. The van der Waals surface area contributed by atoms with Crippen molar-refractivity contribution in [1.29, 1.82) is 0 Å². The van der Waals surface area contributed by atoms with Crippen molar-refractivity contribution in [3.05, 3.63) is 0 Å². The van der Waals surface area contributed by atoms with Crippen LogP contribution in [0.5, 0.6) is 0 Å². The van der Waals surface area contributed by atoms with Crippen molar-refractivity contribution in [1.82, 2.24) is 0 Å². The Morgan fingerprint density at radius 3 is 0.831 bits per heavy atom. The molecule has 0 aromatic heterocycles. The number of cyclic esters (lactones) is 8. The fraction of sp³-hybridized carbons (Fsp3) is 0.807. The van der Waals surface area contributed by atoms with Crippen LogP contribution in [-0.2, 0) is 95.4 Å². The van der Waals surface area contributed by atoms with E-state index in [2.05, 4.69) is 0 Å².